The molecule has 4 atom stereocenters. The highest BCUT2D eigenvalue weighted by Gasteiger charge is 2.27. The van der Waals surface area contributed by atoms with E-state index in [0.717, 1.165) is 20.7 Å². The van der Waals surface area contributed by atoms with E-state index in [1.54, 1.807) is 0 Å². The second-order valence-electron chi connectivity index (χ2n) is 5.69. The number of hydrogen-bond donors (Lipinski definition) is 0. The Balaban J connectivity index is 2.02. The van der Waals surface area contributed by atoms with Crippen LogP contribution in [0.1, 0.15) is 44.8 Å². The molecule has 19 heavy (non-hydrogen) atoms. The van der Waals surface area contributed by atoms with Crippen molar-refractivity contribution in [3.8, 4) is 0 Å². The van der Waals surface area contributed by atoms with Crippen molar-refractivity contribution < 1.29 is 4.74 Å². The third-order valence-electron chi connectivity index (χ3n) is 4.30. The molecule has 0 radical (unpaired) electrons. The van der Waals surface area contributed by atoms with Crippen LogP contribution in [0.15, 0.2) is 28.7 Å². The molecule has 106 valence electrons. The molecule has 2 rings (SSSR count). The summed E-state index contributed by atoms with van der Waals surface area (Å²) < 4.78 is 8.55. The van der Waals surface area contributed by atoms with Crippen LogP contribution in [-0.4, -0.2) is 10.5 Å². The fraction of sp³-hybridized carbons (Fsp3) is 0.625. The summed E-state index contributed by atoms with van der Waals surface area (Å²) in [6.45, 7) is 4.72. The molecule has 0 aromatic heterocycles. The smallest absolute Gasteiger partial charge is 0.0928 e. The van der Waals surface area contributed by atoms with E-state index in [2.05, 4.69) is 76.6 Å². The predicted molar refractivity (Wildman–Crippen MR) is 92.8 cm³/mol. The van der Waals surface area contributed by atoms with Crippen LogP contribution in [0.3, 0.4) is 0 Å². The summed E-state index contributed by atoms with van der Waals surface area (Å²) in [6, 6.07) is 8.42. The molecule has 0 heterocycles. The van der Waals surface area contributed by atoms with Crippen LogP contribution in [0.25, 0.3) is 0 Å². The molecule has 0 N–H and O–H groups in total. The van der Waals surface area contributed by atoms with Crippen molar-refractivity contribution in [1.29, 1.82) is 0 Å². The summed E-state index contributed by atoms with van der Waals surface area (Å²) in [6.07, 6.45) is 4.36. The van der Waals surface area contributed by atoms with E-state index in [1.165, 1.54) is 24.8 Å². The van der Waals surface area contributed by atoms with Gasteiger partial charge in [0.25, 0.3) is 0 Å². The minimum atomic E-state index is 0.210. The Kier molecular flexibility index (Phi) is 6.15. The zero-order chi connectivity index (χ0) is 13.8. The summed E-state index contributed by atoms with van der Waals surface area (Å²) in [5.74, 6) is 1.63. The van der Waals surface area contributed by atoms with E-state index in [4.69, 9.17) is 4.74 Å². The number of ether oxygens (including phenoxy) is 1. The SMILES string of the molecule is CC1CCC(OC(CI)c2ccccc2Br)CC1C. The molecule has 1 saturated carbocycles. The molecule has 3 heteroatoms. The Bertz CT molecular complexity index is 409. The van der Waals surface area contributed by atoms with Gasteiger partial charge in [0.1, 0.15) is 0 Å². The monoisotopic (exact) mass is 436 g/mol. The van der Waals surface area contributed by atoms with Crippen LogP contribution < -0.4 is 0 Å². The highest BCUT2D eigenvalue weighted by atomic mass is 127. The van der Waals surface area contributed by atoms with Crippen LogP contribution in [0.4, 0.5) is 0 Å². The van der Waals surface area contributed by atoms with Gasteiger partial charge < -0.3 is 4.74 Å². The first-order valence-corrected chi connectivity index (χ1v) is 9.39. The van der Waals surface area contributed by atoms with Crippen molar-refractivity contribution in [2.45, 2.75) is 45.3 Å². The molecule has 0 bridgehead atoms. The van der Waals surface area contributed by atoms with Gasteiger partial charge in [0.2, 0.25) is 0 Å². The maximum Gasteiger partial charge on any atom is 0.0928 e. The van der Waals surface area contributed by atoms with Crippen molar-refractivity contribution >= 4 is 38.5 Å². The first-order chi connectivity index (χ1) is 9.11. The molecule has 1 aliphatic carbocycles. The molecule has 4 unspecified atom stereocenters. The number of rotatable bonds is 4. The van der Waals surface area contributed by atoms with Crippen molar-refractivity contribution in [1.82, 2.24) is 0 Å². The van der Waals surface area contributed by atoms with Crippen LogP contribution in [-0.2, 0) is 4.74 Å². The number of hydrogen-bond acceptors (Lipinski definition) is 1. The Morgan fingerprint density at radius 1 is 1.26 bits per heavy atom. The zero-order valence-corrected chi connectivity index (χ0v) is 15.4. The van der Waals surface area contributed by atoms with Crippen LogP contribution in [0.2, 0.25) is 0 Å². The standard InChI is InChI=1S/C16H22BrIO/c1-11-7-8-13(9-12(11)2)19-16(10-18)14-5-3-4-6-15(14)17/h3-6,11-13,16H,7-10H2,1-2H3. The van der Waals surface area contributed by atoms with Gasteiger partial charge in [0.15, 0.2) is 0 Å². The van der Waals surface area contributed by atoms with Gasteiger partial charge in [-0.3, -0.25) is 0 Å². The quantitative estimate of drug-likeness (QED) is 0.430. The third kappa shape index (κ3) is 4.18. The van der Waals surface area contributed by atoms with Gasteiger partial charge in [-0.15, -0.1) is 0 Å². The van der Waals surface area contributed by atoms with Crippen molar-refractivity contribution in [2.75, 3.05) is 4.43 Å². The van der Waals surface area contributed by atoms with Gasteiger partial charge >= 0.3 is 0 Å². The minimum Gasteiger partial charge on any atom is -0.369 e. The van der Waals surface area contributed by atoms with E-state index in [0.29, 0.717) is 6.10 Å². The van der Waals surface area contributed by atoms with Crippen LogP contribution >= 0.6 is 38.5 Å². The second-order valence-corrected chi connectivity index (χ2v) is 7.43. The van der Waals surface area contributed by atoms with E-state index in [1.807, 2.05) is 0 Å². The zero-order valence-electron chi connectivity index (χ0n) is 11.6. The average molecular weight is 437 g/mol. The number of benzene rings is 1. The molecule has 1 aromatic rings. The molecule has 0 aliphatic heterocycles. The van der Waals surface area contributed by atoms with E-state index < -0.39 is 0 Å². The number of alkyl halides is 1. The van der Waals surface area contributed by atoms with Gasteiger partial charge in [-0.05, 0) is 42.7 Å². The Morgan fingerprint density at radius 2 is 2.00 bits per heavy atom. The lowest BCUT2D eigenvalue weighted by Crippen LogP contribution is -2.28. The molecule has 0 spiro atoms. The van der Waals surface area contributed by atoms with E-state index >= 15 is 0 Å². The summed E-state index contributed by atoms with van der Waals surface area (Å²) >= 11 is 6.07. The summed E-state index contributed by atoms with van der Waals surface area (Å²) in [5, 5.41) is 0. The summed E-state index contributed by atoms with van der Waals surface area (Å²) in [4.78, 5) is 0. The predicted octanol–water partition coefficient (Wildman–Crippen LogP) is 5.77. The first kappa shape index (κ1) is 15.8. The molecule has 1 aromatic carbocycles. The van der Waals surface area contributed by atoms with Gasteiger partial charge in [0, 0.05) is 8.90 Å². The molecule has 1 nitrogen and oxygen atoms in total. The average Bonchev–Trinajstić information content (AvgIpc) is 2.41. The molecule has 0 saturated heterocycles. The topological polar surface area (TPSA) is 9.23 Å². The maximum absolute atomic E-state index is 6.39. The lowest BCUT2D eigenvalue weighted by Gasteiger charge is -2.34. The Labute approximate surface area is 138 Å². The molecule has 0 amide bonds. The van der Waals surface area contributed by atoms with Crippen LogP contribution in [0, 0.1) is 11.8 Å². The minimum absolute atomic E-state index is 0.210. The second kappa shape index (κ2) is 7.41. The first-order valence-electron chi connectivity index (χ1n) is 7.07. The molecule has 1 aliphatic rings. The van der Waals surface area contributed by atoms with Crippen LogP contribution in [0.5, 0.6) is 0 Å². The van der Waals surface area contributed by atoms with Gasteiger partial charge in [-0.1, -0.05) is 70.6 Å². The number of halogens is 2. The lowest BCUT2D eigenvalue weighted by molar-refractivity contribution is -0.0379. The van der Waals surface area contributed by atoms with Crippen molar-refractivity contribution in [2.24, 2.45) is 11.8 Å². The fourth-order valence-corrected chi connectivity index (χ4v) is 4.01. The van der Waals surface area contributed by atoms with Crippen molar-refractivity contribution in [3.63, 3.8) is 0 Å². The molecular weight excluding hydrogens is 415 g/mol. The Hall–Kier alpha value is 0.390. The Morgan fingerprint density at radius 3 is 2.63 bits per heavy atom. The maximum atomic E-state index is 6.39. The van der Waals surface area contributed by atoms with Crippen molar-refractivity contribution in [3.05, 3.63) is 34.3 Å². The van der Waals surface area contributed by atoms with Gasteiger partial charge in [0.05, 0.1) is 12.2 Å². The van der Waals surface area contributed by atoms with Gasteiger partial charge in [-0.2, -0.15) is 0 Å². The lowest BCUT2D eigenvalue weighted by atomic mass is 9.80. The highest BCUT2D eigenvalue weighted by Crippen LogP contribution is 2.35. The molecular formula is C16H22BrIO. The fourth-order valence-electron chi connectivity index (χ4n) is 2.78. The largest absolute Gasteiger partial charge is 0.369 e. The normalized spacial score (nSPS) is 29.2. The van der Waals surface area contributed by atoms with Gasteiger partial charge in [-0.25, -0.2) is 0 Å². The van der Waals surface area contributed by atoms with E-state index in [-0.39, 0.29) is 6.10 Å². The van der Waals surface area contributed by atoms with E-state index in [9.17, 15) is 0 Å². The summed E-state index contributed by atoms with van der Waals surface area (Å²) in [7, 11) is 0. The highest BCUT2D eigenvalue weighted by molar-refractivity contribution is 14.1. The third-order valence-corrected chi connectivity index (χ3v) is 5.82. The molecule has 1 fully saturated rings. The summed E-state index contributed by atoms with van der Waals surface area (Å²) in [5.41, 5.74) is 1.28.